The summed E-state index contributed by atoms with van der Waals surface area (Å²) in [6, 6.07) is 15.3. The van der Waals surface area contributed by atoms with E-state index in [2.05, 4.69) is 16.0 Å². The normalized spacial score (nSPS) is 18.6. The minimum atomic E-state index is -0.983. The summed E-state index contributed by atoms with van der Waals surface area (Å²) in [5, 5.41) is 18.7. The number of rotatable bonds is 18. The molecule has 2 aliphatic rings. The summed E-state index contributed by atoms with van der Waals surface area (Å²) in [5.74, 6) is -1.48. The predicted molar refractivity (Wildman–Crippen MR) is 198 cm³/mol. The Morgan fingerprint density at radius 2 is 1.29 bits per heavy atom. The first-order valence-electron chi connectivity index (χ1n) is 18.5. The molecular formula is C39H59N7O5. The number of nitrogens with one attached hydrogen (secondary N) is 3. The number of carbonyl (C=O) groups is 4. The summed E-state index contributed by atoms with van der Waals surface area (Å²) >= 11 is 0. The van der Waals surface area contributed by atoms with E-state index < -0.39 is 48.1 Å². The highest BCUT2D eigenvalue weighted by molar-refractivity contribution is 5.95. The molecule has 5 atom stereocenters. The Kier molecular flexibility index (Phi) is 15.0. The standard InChI is InChI=1S/C39H59N7O5/c1-27(2)22-33(36(49)42-32(16-10-11-19-40)38(51)45-20-17-39(18-21-45)25-46(26-39)28(3)47)44-37(50)34(24-30-14-8-5-9-15-30)43-35(48)31(41)23-29-12-6-4-7-13-29/h4-9,12-15,27-28,31-34,47H,10-11,16-26,40-41H2,1-3H3,(H,42,49)(H,43,48)(H,44,50)/t28?,31-,32-,33-,34-/m1/s1. The van der Waals surface area contributed by atoms with Gasteiger partial charge in [0.25, 0.3) is 0 Å². The molecule has 0 aromatic heterocycles. The maximum Gasteiger partial charge on any atom is 0.245 e. The van der Waals surface area contributed by atoms with E-state index in [0.29, 0.717) is 45.3 Å². The van der Waals surface area contributed by atoms with Crippen molar-refractivity contribution in [2.45, 2.75) is 103 Å². The first-order chi connectivity index (χ1) is 24.4. The fourth-order valence-electron chi connectivity index (χ4n) is 7.11. The van der Waals surface area contributed by atoms with Crippen molar-refractivity contribution in [2.24, 2.45) is 22.8 Å². The average molecular weight is 706 g/mol. The third kappa shape index (κ3) is 11.8. The van der Waals surface area contributed by atoms with Gasteiger partial charge in [0.05, 0.1) is 6.04 Å². The Labute approximate surface area is 303 Å². The fourth-order valence-corrected chi connectivity index (χ4v) is 7.11. The topological polar surface area (TPSA) is 183 Å². The van der Waals surface area contributed by atoms with E-state index in [1.807, 2.05) is 84.3 Å². The van der Waals surface area contributed by atoms with Gasteiger partial charge in [0.1, 0.15) is 24.4 Å². The molecule has 1 spiro atoms. The van der Waals surface area contributed by atoms with Crippen molar-refractivity contribution >= 4 is 23.6 Å². The number of hydrogen-bond donors (Lipinski definition) is 6. The van der Waals surface area contributed by atoms with Crippen LogP contribution < -0.4 is 27.4 Å². The molecule has 0 radical (unpaired) electrons. The van der Waals surface area contributed by atoms with Crippen molar-refractivity contribution in [3.8, 4) is 0 Å². The predicted octanol–water partition coefficient (Wildman–Crippen LogP) is 1.69. The molecule has 1 unspecified atom stereocenters. The lowest BCUT2D eigenvalue weighted by Crippen LogP contribution is -2.64. The minimum absolute atomic E-state index is 0.0517. The van der Waals surface area contributed by atoms with Crippen molar-refractivity contribution in [3.63, 3.8) is 0 Å². The van der Waals surface area contributed by atoms with E-state index in [-0.39, 0.29) is 23.7 Å². The lowest BCUT2D eigenvalue weighted by atomic mass is 9.72. The first kappa shape index (κ1) is 39.9. The van der Waals surface area contributed by atoms with E-state index in [9.17, 15) is 24.3 Å². The van der Waals surface area contributed by atoms with Crippen molar-refractivity contribution in [3.05, 3.63) is 71.8 Å². The van der Waals surface area contributed by atoms with Crippen molar-refractivity contribution in [1.29, 1.82) is 0 Å². The van der Waals surface area contributed by atoms with Gasteiger partial charge in [-0.15, -0.1) is 0 Å². The largest absolute Gasteiger partial charge is 0.379 e. The number of aliphatic hydroxyl groups is 1. The van der Waals surface area contributed by atoms with Gasteiger partial charge < -0.3 is 37.4 Å². The van der Waals surface area contributed by atoms with Crippen LogP contribution in [-0.2, 0) is 32.0 Å². The molecule has 2 saturated heterocycles. The monoisotopic (exact) mass is 705 g/mol. The van der Waals surface area contributed by atoms with Crippen LogP contribution in [0.4, 0.5) is 0 Å². The number of aliphatic hydroxyl groups excluding tert-OH is 1. The highest BCUT2D eigenvalue weighted by Crippen LogP contribution is 2.41. The van der Waals surface area contributed by atoms with Crippen LogP contribution in [0, 0.1) is 11.3 Å². The van der Waals surface area contributed by atoms with Crippen molar-refractivity contribution < 1.29 is 24.3 Å². The third-order valence-corrected chi connectivity index (χ3v) is 10.2. The molecule has 0 saturated carbocycles. The summed E-state index contributed by atoms with van der Waals surface area (Å²) in [4.78, 5) is 59.0. The number of piperidine rings is 1. The second-order valence-electron chi connectivity index (χ2n) is 14.9. The van der Waals surface area contributed by atoms with Crippen molar-refractivity contribution in [1.82, 2.24) is 25.8 Å². The van der Waals surface area contributed by atoms with Gasteiger partial charge in [-0.25, -0.2) is 0 Å². The number of likely N-dealkylation sites (tertiary alicyclic amines) is 2. The van der Waals surface area contributed by atoms with Gasteiger partial charge in [-0.05, 0) is 80.9 Å². The molecule has 2 aromatic rings. The van der Waals surface area contributed by atoms with Crippen LogP contribution in [0.1, 0.15) is 70.4 Å². The molecular weight excluding hydrogens is 646 g/mol. The van der Waals surface area contributed by atoms with E-state index in [1.165, 1.54) is 0 Å². The molecule has 4 amide bonds. The number of benzene rings is 2. The van der Waals surface area contributed by atoms with Crippen LogP contribution >= 0.6 is 0 Å². The van der Waals surface area contributed by atoms with Gasteiger partial charge in [0.2, 0.25) is 23.6 Å². The Bertz CT molecular complexity index is 1410. The van der Waals surface area contributed by atoms with Crippen LogP contribution in [0.2, 0.25) is 0 Å². The van der Waals surface area contributed by atoms with Crippen LogP contribution in [0.5, 0.6) is 0 Å². The number of carbonyl (C=O) groups excluding carboxylic acids is 4. The number of nitrogens with zero attached hydrogens (tertiary/aromatic N) is 2. The molecule has 2 fully saturated rings. The first-order valence-corrected chi connectivity index (χ1v) is 18.5. The molecule has 4 rings (SSSR count). The molecule has 280 valence electrons. The summed E-state index contributed by atoms with van der Waals surface area (Å²) in [6.45, 7) is 9.02. The minimum Gasteiger partial charge on any atom is -0.379 e. The Morgan fingerprint density at radius 1 is 0.765 bits per heavy atom. The quantitative estimate of drug-likeness (QED) is 0.127. The lowest BCUT2D eigenvalue weighted by molar-refractivity contribution is -0.147. The van der Waals surface area contributed by atoms with Crippen molar-refractivity contribution in [2.75, 3.05) is 32.7 Å². The maximum atomic E-state index is 14.0. The smallest absolute Gasteiger partial charge is 0.245 e. The Morgan fingerprint density at radius 3 is 1.84 bits per heavy atom. The van der Waals surface area contributed by atoms with E-state index in [1.54, 1.807) is 6.92 Å². The number of unbranched alkanes of at least 4 members (excludes halogenated alkanes) is 1. The number of nitrogens with two attached hydrogens (primary N) is 2. The number of hydrogen-bond acceptors (Lipinski definition) is 8. The zero-order chi connectivity index (χ0) is 37.0. The molecule has 12 heteroatoms. The lowest BCUT2D eigenvalue weighted by Gasteiger charge is -2.55. The van der Waals surface area contributed by atoms with Gasteiger partial charge in [0.15, 0.2) is 0 Å². The van der Waals surface area contributed by atoms with Gasteiger partial charge >= 0.3 is 0 Å². The second kappa shape index (κ2) is 19.1. The Balaban J connectivity index is 1.44. The van der Waals surface area contributed by atoms with E-state index in [4.69, 9.17) is 11.5 Å². The molecule has 2 aromatic carbocycles. The van der Waals surface area contributed by atoms with E-state index >= 15 is 0 Å². The highest BCUT2D eigenvalue weighted by atomic mass is 16.3. The van der Waals surface area contributed by atoms with Crippen LogP contribution in [-0.4, -0.2) is 102 Å². The summed E-state index contributed by atoms with van der Waals surface area (Å²) in [7, 11) is 0. The van der Waals surface area contributed by atoms with Gasteiger partial charge in [-0.2, -0.15) is 0 Å². The van der Waals surface area contributed by atoms with E-state index in [0.717, 1.165) is 43.5 Å². The molecule has 0 aliphatic carbocycles. The van der Waals surface area contributed by atoms with Crippen LogP contribution in [0.3, 0.4) is 0 Å². The van der Waals surface area contributed by atoms with Gasteiger partial charge in [-0.1, -0.05) is 74.5 Å². The Hall–Kier alpha value is -3.84. The summed E-state index contributed by atoms with van der Waals surface area (Å²) in [6.07, 6.45) is 3.91. The van der Waals surface area contributed by atoms with Crippen LogP contribution in [0.15, 0.2) is 60.7 Å². The van der Waals surface area contributed by atoms with Gasteiger partial charge in [-0.3, -0.25) is 24.1 Å². The fraction of sp³-hybridized carbons (Fsp3) is 0.590. The zero-order valence-electron chi connectivity index (χ0n) is 30.6. The maximum absolute atomic E-state index is 14.0. The third-order valence-electron chi connectivity index (χ3n) is 10.2. The molecule has 2 aliphatic heterocycles. The summed E-state index contributed by atoms with van der Waals surface area (Å²) in [5.41, 5.74) is 13.9. The average Bonchev–Trinajstić information content (AvgIpc) is 3.09. The van der Waals surface area contributed by atoms with Crippen LogP contribution in [0.25, 0.3) is 0 Å². The molecule has 0 bridgehead atoms. The molecule has 12 nitrogen and oxygen atoms in total. The summed E-state index contributed by atoms with van der Waals surface area (Å²) < 4.78 is 0. The molecule has 51 heavy (non-hydrogen) atoms. The molecule has 8 N–H and O–H groups in total. The highest BCUT2D eigenvalue weighted by Gasteiger charge is 2.47. The number of amides is 4. The van der Waals surface area contributed by atoms with Gasteiger partial charge in [0, 0.05) is 32.6 Å². The zero-order valence-corrected chi connectivity index (χ0v) is 30.6. The second-order valence-corrected chi connectivity index (χ2v) is 14.9. The SMILES string of the molecule is CC(C)C[C@@H](NC(=O)[C@@H](Cc1ccccc1)NC(=O)[C@H](N)Cc1ccccc1)C(=O)N[C@H](CCCCN)C(=O)N1CCC2(CC1)CN(C(C)O)C2. The molecule has 2 heterocycles.